The van der Waals surface area contributed by atoms with Gasteiger partial charge in [-0.25, -0.2) is 0 Å². The molecule has 0 unspecified atom stereocenters. The highest BCUT2D eigenvalue weighted by molar-refractivity contribution is 5.54. The molecule has 2 heterocycles. The lowest BCUT2D eigenvalue weighted by atomic mass is 9.88. The molecule has 0 amide bonds. The molecule has 8 heteroatoms. The number of phenolic OH excluding ortho intramolecular Hbond substituents is 2. The summed E-state index contributed by atoms with van der Waals surface area (Å²) in [7, 11) is 9.16. The SMILES string of the molecule is COc1ccc(C[C@@H]2c3cc(Oc4cc(C[C@@H]5c6cc(O)c(OC)cc6CCN5C)ccc4O)c(OC)cc3CCN2C)cc1. The summed E-state index contributed by atoms with van der Waals surface area (Å²) >= 11 is 0. The Morgan fingerprint density at radius 3 is 1.80 bits per heavy atom. The topological polar surface area (TPSA) is 83.9 Å². The van der Waals surface area contributed by atoms with Gasteiger partial charge in [0.25, 0.3) is 0 Å². The largest absolute Gasteiger partial charge is 0.504 e. The maximum atomic E-state index is 10.9. The zero-order chi connectivity index (χ0) is 31.7. The number of likely N-dealkylation sites (N-methyl/N-ethyl adjacent to an activating group) is 2. The van der Waals surface area contributed by atoms with E-state index in [4.69, 9.17) is 18.9 Å². The smallest absolute Gasteiger partial charge is 0.169 e. The van der Waals surface area contributed by atoms with Crippen LogP contribution in [0.2, 0.25) is 0 Å². The van der Waals surface area contributed by atoms with E-state index in [1.54, 1.807) is 27.4 Å². The number of ether oxygens (including phenoxy) is 4. The third kappa shape index (κ3) is 6.26. The Balaban J connectivity index is 1.29. The first-order chi connectivity index (χ1) is 21.8. The van der Waals surface area contributed by atoms with E-state index in [2.05, 4.69) is 48.2 Å². The second-order valence-corrected chi connectivity index (χ2v) is 12.1. The molecule has 0 bridgehead atoms. The van der Waals surface area contributed by atoms with E-state index < -0.39 is 0 Å². The van der Waals surface area contributed by atoms with Gasteiger partial charge in [-0.1, -0.05) is 18.2 Å². The summed E-state index contributed by atoms with van der Waals surface area (Å²) in [5.74, 6) is 3.11. The maximum Gasteiger partial charge on any atom is 0.169 e. The van der Waals surface area contributed by atoms with E-state index in [-0.39, 0.29) is 23.6 Å². The van der Waals surface area contributed by atoms with Crippen molar-refractivity contribution in [2.24, 2.45) is 0 Å². The number of methoxy groups -OCH3 is 3. The van der Waals surface area contributed by atoms with Gasteiger partial charge in [-0.15, -0.1) is 0 Å². The van der Waals surface area contributed by atoms with Gasteiger partial charge in [-0.05, 0) is 122 Å². The molecule has 0 aliphatic carbocycles. The van der Waals surface area contributed by atoms with Gasteiger partial charge in [0.1, 0.15) is 5.75 Å². The molecular weight excluding hydrogens is 568 g/mol. The molecule has 2 N–H and O–H groups in total. The Labute approximate surface area is 265 Å². The summed E-state index contributed by atoms with van der Waals surface area (Å²) in [5, 5.41) is 21.4. The fourth-order valence-electron chi connectivity index (χ4n) is 6.71. The number of benzene rings is 4. The highest BCUT2D eigenvalue weighted by Gasteiger charge is 2.29. The number of rotatable bonds is 9. The van der Waals surface area contributed by atoms with Crippen LogP contribution in [0.3, 0.4) is 0 Å². The van der Waals surface area contributed by atoms with Crippen LogP contribution in [0.15, 0.2) is 66.7 Å². The zero-order valence-electron chi connectivity index (χ0n) is 26.7. The molecule has 0 aromatic heterocycles. The van der Waals surface area contributed by atoms with Crippen molar-refractivity contribution in [2.75, 3.05) is 48.5 Å². The normalized spacial score (nSPS) is 18.2. The minimum Gasteiger partial charge on any atom is -0.504 e. The zero-order valence-corrected chi connectivity index (χ0v) is 26.7. The summed E-state index contributed by atoms with van der Waals surface area (Å²) in [5.41, 5.74) is 6.94. The van der Waals surface area contributed by atoms with E-state index in [1.165, 1.54) is 22.3 Å². The van der Waals surface area contributed by atoms with Crippen LogP contribution in [0.1, 0.15) is 45.5 Å². The van der Waals surface area contributed by atoms with Gasteiger partial charge in [0.05, 0.1) is 21.3 Å². The molecule has 2 aliphatic heterocycles. The first-order valence-corrected chi connectivity index (χ1v) is 15.4. The second-order valence-electron chi connectivity index (χ2n) is 12.1. The van der Waals surface area contributed by atoms with Crippen LogP contribution < -0.4 is 18.9 Å². The van der Waals surface area contributed by atoms with Crippen molar-refractivity contribution in [3.63, 3.8) is 0 Å². The number of nitrogens with zero attached hydrogens (tertiary/aromatic N) is 2. The van der Waals surface area contributed by atoms with Gasteiger partial charge in [0, 0.05) is 25.2 Å². The molecule has 8 nitrogen and oxygen atoms in total. The lowest BCUT2D eigenvalue weighted by molar-refractivity contribution is 0.227. The minimum atomic E-state index is 0.0514. The lowest BCUT2D eigenvalue weighted by Crippen LogP contribution is -2.33. The van der Waals surface area contributed by atoms with Gasteiger partial charge in [0.15, 0.2) is 34.5 Å². The second kappa shape index (κ2) is 12.9. The molecule has 0 saturated carbocycles. The maximum absolute atomic E-state index is 10.9. The van der Waals surface area contributed by atoms with E-state index in [0.29, 0.717) is 29.4 Å². The van der Waals surface area contributed by atoms with Gasteiger partial charge in [0.2, 0.25) is 0 Å². The van der Waals surface area contributed by atoms with E-state index >= 15 is 0 Å². The van der Waals surface area contributed by atoms with Crippen LogP contribution in [0.4, 0.5) is 0 Å². The summed E-state index contributed by atoms with van der Waals surface area (Å²) in [6.45, 7) is 1.84. The van der Waals surface area contributed by atoms with Crippen molar-refractivity contribution >= 4 is 0 Å². The van der Waals surface area contributed by atoms with Crippen molar-refractivity contribution < 1.29 is 29.2 Å². The molecule has 0 spiro atoms. The van der Waals surface area contributed by atoms with Crippen molar-refractivity contribution in [2.45, 2.75) is 37.8 Å². The first-order valence-electron chi connectivity index (χ1n) is 15.4. The highest BCUT2D eigenvalue weighted by atomic mass is 16.5. The molecule has 2 atom stereocenters. The summed E-state index contributed by atoms with van der Waals surface area (Å²) in [4.78, 5) is 4.68. The summed E-state index contributed by atoms with van der Waals surface area (Å²) in [6, 6.07) is 21.9. The minimum absolute atomic E-state index is 0.0514. The average molecular weight is 611 g/mol. The first kappa shape index (κ1) is 30.6. The molecule has 236 valence electrons. The average Bonchev–Trinajstić information content (AvgIpc) is 3.05. The van der Waals surface area contributed by atoms with E-state index in [9.17, 15) is 10.2 Å². The van der Waals surface area contributed by atoms with Crippen molar-refractivity contribution in [3.8, 4) is 40.2 Å². The fraction of sp³-hybridized carbons (Fsp3) is 0.351. The fourth-order valence-corrected chi connectivity index (χ4v) is 6.71. The van der Waals surface area contributed by atoms with Crippen LogP contribution in [-0.4, -0.2) is 68.5 Å². The standard InChI is InChI=1S/C37H42N2O6/c1-38-15-13-26-20-36(44-5)37(22-29(26)30(38)16-23-6-9-27(42-3)10-7-23)45-35-18-24(8-11-32(35)40)17-31-28-21-33(41)34(43-4)19-25(28)12-14-39(31)2/h6-11,18-22,30-31,40-41H,12-17H2,1-5H3/t30-,31-/m1/s1. The lowest BCUT2D eigenvalue weighted by Gasteiger charge is -2.35. The van der Waals surface area contributed by atoms with Gasteiger partial charge in [-0.2, -0.15) is 0 Å². The quantitative estimate of drug-likeness (QED) is 0.224. The van der Waals surface area contributed by atoms with Gasteiger partial charge >= 0.3 is 0 Å². The Bertz CT molecular complexity index is 1670. The molecule has 0 radical (unpaired) electrons. The number of phenols is 2. The molecule has 0 fully saturated rings. The summed E-state index contributed by atoms with van der Waals surface area (Å²) in [6.07, 6.45) is 3.33. The number of fused-ring (bicyclic) bond motifs is 2. The molecule has 6 rings (SSSR count). The third-order valence-corrected chi connectivity index (χ3v) is 9.38. The van der Waals surface area contributed by atoms with Crippen molar-refractivity contribution in [1.82, 2.24) is 9.80 Å². The van der Waals surface area contributed by atoms with Gasteiger partial charge in [-0.3, -0.25) is 9.80 Å². The Kier molecular flexibility index (Phi) is 8.79. The Morgan fingerprint density at radius 2 is 1.18 bits per heavy atom. The van der Waals surface area contributed by atoms with Crippen LogP contribution in [0, 0.1) is 0 Å². The van der Waals surface area contributed by atoms with E-state index in [0.717, 1.165) is 49.2 Å². The van der Waals surface area contributed by atoms with Crippen LogP contribution in [-0.2, 0) is 25.7 Å². The van der Waals surface area contributed by atoms with Gasteiger partial charge < -0.3 is 29.2 Å². The third-order valence-electron chi connectivity index (χ3n) is 9.38. The monoisotopic (exact) mass is 610 g/mol. The molecular formula is C37H42N2O6. The van der Waals surface area contributed by atoms with Crippen LogP contribution in [0.5, 0.6) is 40.2 Å². The number of hydrogen-bond donors (Lipinski definition) is 2. The van der Waals surface area contributed by atoms with E-state index in [1.807, 2.05) is 36.4 Å². The number of aromatic hydroxyl groups is 2. The molecule has 2 aliphatic rings. The predicted molar refractivity (Wildman–Crippen MR) is 174 cm³/mol. The van der Waals surface area contributed by atoms with Crippen molar-refractivity contribution in [3.05, 3.63) is 100 Å². The molecule has 4 aromatic carbocycles. The Morgan fingerprint density at radius 1 is 0.600 bits per heavy atom. The molecule has 0 saturated heterocycles. The molecule has 45 heavy (non-hydrogen) atoms. The van der Waals surface area contributed by atoms with Crippen molar-refractivity contribution in [1.29, 1.82) is 0 Å². The highest BCUT2D eigenvalue weighted by Crippen LogP contribution is 2.44. The van der Waals surface area contributed by atoms with Crippen LogP contribution >= 0.6 is 0 Å². The van der Waals surface area contributed by atoms with Crippen LogP contribution in [0.25, 0.3) is 0 Å². The summed E-state index contributed by atoms with van der Waals surface area (Å²) < 4.78 is 23.0. The number of hydrogen-bond acceptors (Lipinski definition) is 8. The predicted octanol–water partition coefficient (Wildman–Crippen LogP) is 6.46. The Hall–Kier alpha value is -4.40. The molecule has 4 aromatic rings.